The van der Waals surface area contributed by atoms with E-state index in [1.54, 1.807) is 0 Å². The average Bonchev–Trinajstić information content (AvgIpc) is 1.56. The van der Waals surface area contributed by atoms with E-state index in [9.17, 15) is 0 Å². The molecule has 0 amide bonds. The van der Waals surface area contributed by atoms with Gasteiger partial charge in [0.2, 0.25) is 0 Å². The molecule has 1 aliphatic rings. The van der Waals surface area contributed by atoms with Gasteiger partial charge >= 0.3 is 0 Å². The summed E-state index contributed by atoms with van der Waals surface area (Å²) in [7, 11) is 0. The molecular weight excluding hydrogens is 1410 g/mol. The molecule has 0 bridgehead atoms. The normalized spacial score (nSPS) is 11.9. The molecule has 0 aliphatic heterocycles. The van der Waals surface area contributed by atoms with Gasteiger partial charge in [0.1, 0.15) is 0 Å². The highest BCUT2D eigenvalue weighted by atomic mass is 15.2. The van der Waals surface area contributed by atoms with Crippen molar-refractivity contribution in [1.82, 2.24) is 0 Å². The van der Waals surface area contributed by atoms with Crippen molar-refractivity contribution in [3.63, 3.8) is 0 Å². The molecule has 0 fully saturated rings. The molecule has 0 heterocycles. The van der Waals surface area contributed by atoms with Gasteiger partial charge in [0, 0.05) is 73.7 Å². The number of benzene rings is 16. The van der Waals surface area contributed by atoms with Gasteiger partial charge in [0.15, 0.2) is 0 Å². The minimum absolute atomic E-state index is 0.220. The molecular formula is C113H102N4. The third kappa shape index (κ3) is 17.1. The van der Waals surface area contributed by atoms with E-state index in [0.717, 1.165) is 80.8 Å². The van der Waals surface area contributed by atoms with Gasteiger partial charge in [-0.2, -0.15) is 0 Å². The summed E-state index contributed by atoms with van der Waals surface area (Å²) in [4.78, 5) is 9.72. The Labute approximate surface area is 694 Å². The highest BCUT2D eigenvalue weighted by Crippen LogP contribution is 2.58. The largest absolute Gasteiger partial charge is 0.311 e. The van der Waals surface area contributed by atoms with Crippen LogP contribution in [0.3, 0.4) is 0 Å². The third-order valence-electron chi connectivity index (χ3n) is 23.9. The minimum Gasteiger partial charge on any atom is -0.311 e. The van der Waals surface area contributed by atoms with E-state index < -0.39 is 0 Å². The van der Waals surface area contributed by atoms with Crippen molar-refractivity contribution in [3.8, 4) is 77.9 Å². The Balaban J connectivity index is 0.693. The molecule has 0 saturated heterocycles. The predicted octanol–water partition coefficient (Wildman–Crippen LogP) is 33.3. The van der Waals surface area contributed by atoms with Gasteiger partial charge in [0.05, 0.1) is 0 Å². The van der Waals surface area contributed by atoms with Gasteiger partial charge in [-0.05, 0) is 247 Å². The number of anilines is 12. The van der Waals surface area contributed by atoms with Crippen LogP contribution in [0.15, 0.2) is 413 Å². The van der Waals surface area contributed by atoms with E-state index in [4.69, 9.17) is 0 Å². The molecule has 16 aromatic rings. The number of para-hydroxylation sites is 2. The van der Waals surface area contributed by atoms with Crippen LogP contribution in [0.1, 0.15) is 115 Å². The summed E-state index contributed by atoms with van der Waals surface area (Å²) in [6.07, 6.45) is 17.2. The van der Waals surface area contributed by atoms with Crippen LogP contribution in [0, 0.1) is 0 Å². The minimum atomic E-state index is -0.220. The fraction of sp³-hybridized carbons (Fsp3) is 0.150. The molecule has 17 rings (SSSR count). The van der Waals surface area contributed by atoms with Crippen LogP contribution in [-0.2, 0) is 5.41 Å². The Morgan fingerprint density at radius 2 is 0.333 bits per heavy atom. The first-order valence-electron chi connectivity index (χ1n) is 42.6. The van der Waals surface area contributed by atoms with E-state index in [1.807, 2.05) is 0 Å². The van der Waals surface area contributed by atoms with E-state index in [-0.39, 0.29) is 5.41 Å². The van der Waals surface area contributed by atoms with E-state index >= 15 is 0 Å². The standard InChI is InChI=1S/C113H102N4/c1-3-5-7-9-11-31-81-113(82-32-12-10-8-6-4-2)111-83-107(116(97-41-27-17-28-42-97)105-73-57-95(58-74-105)93-53-69-103(70-54-93)114(99-61-45-89(46-62-99)85-33-19-13-20-34-85)100-63-47-90(48-64-100)86-35-21-14-22-36-86)77-79-109(111)110-80-78-108(84-112(110)113)117(98-43-29-18-30-44-98)106-75-59-96(60-76-106)94-55-71-104(72-56-94)115(101-65-49-91(50-66-101)87-37-23-15-24-38-87)102-67-51-92(52-68-102)88-39-25-16-26-40-88/h13-30,33-80,83-84H,3-12,31-32,81-82H2,1-2H3. The second-order valence-electron chi connectivity index (χ2n) is 31.4. The summed E-state index contributed by atoms with van der Waals surface area (Å²) in [5, 5.41) is 0. The van der Waals surface area contributed by atoms with Gasteiger partial charge < -0.3 is 19.6 Å². The summed E-state index contributed by atoms with van der Waals surface area (Å²) in [6.45, 7) is 4.66. The lowest BCUT2D eigenvalue weighted by molar-refractivity contribution is 0.398. The van der Waals surface area contributed by atoms with Crippen molar-refractivity contribution in [2.24, 2.45) is 0 Å². The van der Waals surface area contributed by atoms with Gasteiger partial charge in [0.25, 0.3) is 0 Å². The highest BCUT2D eigenvalue weighted by Gasteiger charge is 2.43. The lowest BCUT2D eigenvalue weighted by Crippen LogP contribution is -2.26. The maximum absolute atomic E-state index is 2.61. The van der Waals surface area contributed by atoms with Crippen LogP contribution in [0.2, 0.25) is 0 Å². The molecule has 0 atom stereocenters. The fourth-order valence-corrected chi connectivity index (χ4v) is 17.7. The second-order valence-corrected chi connectivity index (χ2v) is 31.4. The molecule has 0 radical (unpaired) electrons. The van der Waals surface area contributed by atoms with E-state index in [1.165, 1.54) is 166 Å². The summed E-state index contributed by atoms with van der Waals surface area (Å²) in [6, 6.07) is 152. The molecule has 4 nitrogen and oxygen atoms in total. The van der Waals surface area contributed by atoms with E-state index in [0.29, 0.717) is 0 Å². The average molecular weight is 1520 g/mol. The van der Waals surface area contributed by atoms with Crippen molar-refractivity contribution < 1.29 is 0 Å². The first-order valence-corrected chi connectivity index (χ1v) is 42.6. The number of unbranched alkanes of at least 4 members (excludes halogenated alkanes) is 10. The Hall–Kier alpha value is -13.3. The molecule has 16 aromatic carbocycles. The van der Waals surface area contributed by atoms with Gasteiger partial charge in [-0.25, -0.2) is 0 Å². The molecule has 117 heavy (non-hydrogen) atoms. The molecule has 0 aromatic heterocycles. The maximum Gasteiger partial charge on any atom is 0.0465 e. The van der Waals surface area contributed by atoms with Crippen molar-refractivity contribution in [3.05, 3.63) is 424 Å². The monoisotopic (exact) mass is 1510 g/mol. The first-order chi connectivity index (χ1) is 57.9. The lowest BCUT2D eigenvalue weighted by Gasteiger charge is -2.35. The zero-order valence-electron chi connectivity index (χ0n) is 67.4. The Morgan fingerprint density at radius 1 is 0.162 bits per heavy atom. The summed E-state index contributed by atoms with van der Waals surface area (Å²) in [5.74, 6) is 0. The van der Waals surface area contributed by atoms with Crippen molar-refractivity contribution in [2.45, 2.75) is 109 Å². The zero-order valence-corrected chi connectivity index (χ0v) is 67.4. The molecule has 0 unspecified atom stereocenters. The van der Waals surface area contributed by atoms with Crippen molar-refractivity contribution in [2.75, 3.05) is 19.6 Å². The number of nitrogens with zero attached hydrogens (tertiary/aromatic N) is 4. The van der Waals surface area contributed by atoms with Crippen LogP contribution < -0.4 is 19.6 Å². The SMILES string of the molecule is CCCCCCCCC1(CCCCCCCC)c2cc(N(c3ccccc3)c3ccc(-c4ccc(N(c5ccc(-c6ccccc6)cc5)c5ccc(-c6ccccc6)cc5)cc4)cc3)ccc2-c2ccc(N(c3ccccc3)c3ccc(-c4ccc(N(c5ccc(-c6ccccc6)cc5)c5ccc(-c6ccccc6)cc5)cc4)cc3)cc21. The second kappa shape index (κ2) is 36.5. The van der Waals surface area contributed by atoms with Crippen molar-refractivity contribution in [1.29, 1.82) is 0 Å². The predicted molar refractivity (Wildman–Crippen MR) is 500 cm³/mol. The zero-order chi connectivity index (χ0) is 79.0. The molecule has 4 heteroatoms. The van der Waals surface area contributed by atoms with Crippen LogP contribution in [0.4, 0.5) is 68.2 Å². The van der Waals surface area contributed by atoms with Gasteiger partial charge in [-0.3, -0.25) is 0 Å². The van der Waals surface area contributed by atoms with Gasteiger partial charge in [-0.15, -0.1) is 0 Å². The van der Waals surface area contributed by atoms with Crippen LogP contribution in [0.25, 0.3) is 77.9 Å². The first kappa shape index (κ1) is 76.4. The molecule has 1 aliphatic carbocycles. The highest BCUT2D eigenvalue weighted by molar-refractivity contribution is 5.91. The summed E-state index contributed by atoms with van der Waals surface area (Å²) in [5.41, 5.74) is 33.1. The Morgan fingerprint density at radius 3 is 0.556 bits per heavy atom. The topological polar surface area (TPSA) is 13.0 Å². The molecule has 0 spiro atoms. The Kier molecular flexibility index (Phi) is 23.8. The lowest BCUT2D eigenvalue weighted by atomic mass is 9.70. The number of hydrogen-bond donors (Lipinski definition) is 0. The number of fused-ring (bicyclic) bond motifs is 3. The third-order valence-corrected chi connectivity index (χ3v) is 23.9. The van der Waals surface area contributed by atoms with E-state index in [2.05, 4.69) is 446 Å². The molecule has 0 N–H and O–H groups in total. The quantitative estimate of drug-likeness (QED) is 0.0390. The van der Waals surface area contributed by atoms with Crippen LogP contribution in [0.5, 0.6) is 0 Å². The smallest absolute Gasteiger partial charge is 0.0465 e. The van der Waals surface area contributed by atoms with Crippen LogP contribution >= 0.6 is 0 Å². The summed E-state index contributed by atoms with van der Waals surface area (Å²) < 4.78 is 0. The molecule has 0 saturated carbocycles. The summed E-state index contributed by atoms with van der Waals surface area (Å²) >= 11 is 0. The fourth-order valence-electron chi connectivity index (χ4n) is 17.7. The number of hydrogen-bond acceptors (Lipinski definition) is 4. The maximum atomic E-state index is 2.61. The molecule has 574 valence electrons. The van der Waals surface area contributed by atoms with Crippen molar-refractivity contribution >= 4 is 68.2 Å². The van der Waals surface area contributed by atoms with Gasteiger partial charge in [-0.1, -0.05) is 358 Å². The van der Waals surface area contributed by atoms with Crippen LogP contribution in [-0.4, -0.2) is 0 Å². The Bertz CT molecular complexity index is 5290. The number of rotatable bonds is 32.